The van der Waals surface area contributed by atoms with E-state index < -0.39 is 37.3 Å². The van der Waals surface area contributed by atoms with Crippen LogP contribution in [-0.2, 0) is 9.47 Å². The molecule has 0 aromatic heterocycles. The smallest absolute Gasteiger partial charge is 0.229 e. The van der Waals surface area contributed by atoms with Gasteiger partial charge in [-0.3, -0.25) is 0 Å². The molecule has 25 heavy (non-hydrogen) atoms. The van der Waals surface area contributed by atoms with Crippen molar-refractivity contribution in [2.24, 2.45) is 0 Å². The first-order chi connectivity index (χ1) is 12.0. The van der Waals surface area contributed by atoms with Gasteiger partial charge in [0.05, 0.1) is 20.3 Å². The van der Waals surface area contributed by atoms with Crippen molar-refractivity contribution in [2.75, 3.05) is 27.4 Å². The molecule has 4 N–H and O–H groups in total. The third-order valence-corrected chi connectivity index (χ3v) is 3.85. The predicted molar refractivity (Wildman–Crippen MR) is 88.3 cm³/mol. The Morgan fingerprint density at radius 3 is 2.48 bits per heavy atom. The molecule has 0 saturated carbocycles. The van der Waals surface area contributed by atoms with Crippen LogP contribution < -0.4 is 9.47 Å². The second-order valence-corrected chi connectivity index (χ2v) is 5.58. The molecule has 140 valence electrons. The van der Waals surface area contributed by atoms with E-state index in [1.165, 1.54) is 7.11 Å². The van der Waals surface area contributed by atoms with Gasteiger partial charge in [0.25, 0.3) is 0 Å². The van der Waals surface area contributed by atoms with E-state index in [9.17, 15) is 20.4 Å². The molecule has 0 aliphatic carbocycles. The van der Waals surface area contributed by atoms with Crippen molar-refractivity contribution in [3.8, 4) is 11.5 Å². The van der Waals surface area contributed by atoms with E-state index in [1.54, 1.807) is 25.3 Å². The molecule has 0 amide bonds. The first-order valence-corrected chi connectivity index (χ1v) is 7.82. The van der Waals surface area contributed by atoms with Gasteiger partial charge in [0.1, 0.15) is 24.4 Å². The standard InChI is InChI=1S/C17H24O8/c1-22-7-3-4-10-5-6-11(12(8-10)23-2)24-17-16(21)15(20)14(19)13(9-18)25-17/h3-6,8,13-21H,7,9H2,1-2H3/b4-3+/t13-,14-,15+,16-,17-/m0/s1. The van der Waals surface area contributed by atoms with Crippen molar-refractivity contribution in [3.05, 3.63) is 29.8 Å². The number of ether oxygens (including phenoxy) is 4. The summed E-state index contributed by atoms with van der Waals surface area (Å²) in [6.45, 7) is -0.0450. The van der Waals surface area contributed by atoms with Crippen LogP contribution in [0.2, 0.25) is 0 Å². The van der Waals surface area contributed by atoms with E-state index in [4.69, 9.17) is 18.9 Å². The Morgan fingerprint density at radius 1 is 1.08 bits per heavy atom. The number of hydrogen-bond donors (Lipinski definition) is 4. The molecular weight excluding hydrogens is 332 g/mol. The summed E-state index contributed by atoms with van der Waals surface area (Å²) in [5.41, 5.74) is 0.857. The maximum Gasteiger partial charge on any atom is 0.229 e. The molecular formula is C17H24O8. The molecule has 0 bridgehead atoms. The van der Waals surface area contributed by atoms with Crippen LogP contribution in [0.15, 0.2) is 24.3 Å². The van der Waals surface area contributed by atoms with Crippen LogP contribution in [0, 0.1) is 0 Å². The minimum absolute atomic E-state index is 0.288. The molecule has 1 aliphatic rings. The first-order valence-electron chi connectivity index (χ1n) is 7.82. The van der Waals surface area contributed by atoms with E-state index in [-0.39, 0.29) is 5.75 Å². The lowest BCUT2D eigenvalue weighted by Gasteiger charge is -2.39. The lowest BCUT2D eigenvalue weighted by atomic mass is 9.99. The summed E-state index contributed by atoms with van der Waals surface area (Å²) in [6.07, 6.45) is -3.03. The summed E-state index contributed by atoms with van der Waals surface area (Å²) in [5.74, 6) is 0.687. The summed E-state index contributed by atoms with van der Waals surface area (Å²) < 4.78 is 21.1. The lowest BCUT2D eigenvalue weighted by Crippen LogP contribution is -2.60. The monoisotopic (exact) mass is 356 g/mol. The highest BCUT2D eigenvalue weighted by atomic mass is 16.7. The summed E-state index contributed by atoms with van der Waals surface area (Å²) >= 11 is 0. The quantitative estimate of drug-likeness (QED) is 0.518. The van der Waals surface area contributed by atoms with Crippen LogP contribution in [0.4, 0.5) is 0 Å². The van der Waals surface area contributed by atoms with E-state index in [2.05, 4.69) is 0 Å². The van der Waals surface area contributed by atoms with Gasteiger partial charge in [0, 0.05) is 7.11 Å². The number of methoxy groups -OCH3 is 2. The SMILES string of the molecule is COC/C=C/c1ccc(O[C@H]2O[C@@H](CO)[C@H](O)[C@@H](O)[C@@H]2O)c(OC)c1. The molecule has 1 fully saturated rings. The van der Waals surface area contributed by atoms with Gasteiger partial charge in [-0.25, -0.2) is 0 Å². The molecule has 0 spiro atoms. The minimum atomic E-state index is -1.50. The predicted octanol–water partition coefficient (Wildman–Crippen LogP) is -0.467. The van der Waals surface area contributed by atoms with E-state index in [1.807, 2.05) is 12.2 Å². The highest BCUT2D eigenvalue weighted by molar-refractivity contribution is 5.56. The van der Waals surface area contributed by atoms with Crippen molar-refractivity contribution in [2.45, 2.75) is 30.7 Å². The number of aliphatic hydroxyl groups is 4. The summed E-state index contributed by atoms with van der Waals surface area (Å²) in [5, 5.41) is 38.9. The van der Waals surface area contributed by atoms with Gasteiger partial charge in [-0.15, -0.1) is 0 Å². The number of rotatable bonds is 7. The third kappa shape index (κ3) is 4.69. The van der Waals surface area contributed by atoms with Crippen LogP contribution in [0.5, 0.6) is 11.5 Å². The zero-order valence-corrected chi connectivity index (χ0v) is 14.1. The second-order valence-electron chi connectivity index (χ2n) is 5.58. The second kappa shape index (κ2) is 9.14. The molecule has 1 heterocycles. The van der Waals surface area contributed by atoms with Crippen LogP contribution in [0.25, 0.3) is 6.08 Å². The maximum absolute atomic E-state index is 10.0. The largest absolute Gasteiger partial charge is 0.493 e. The summed E-state index contributed by atoms with van der Waals surface area (Å²) in [6, 6.07) is 5.13. The van der Waals surface area contributed by atoms with Crippen LogP contribution >= 0.6 is 0 Å². The molecule has 5 atom stereocenters. The lowest BCUT2D eigenvalue weighted by molar-refractivity contribution is -0.277. The molecule has 1 saturated heterocycles. The topological polar surface area (TPSA) is 118 Å². The van der Waals surface area contributed by atoms with Crippen LogP contribution in [0.3, 0.4) is 0 Å². The average molecular weight is 356 g/mol. The Morgan fingerprint density at radius 2 is 1.84 bits per heavy atom. The number of aliphatic hydroxyl groups excluding tert-OH is 4. The van der Waals surface area contributed by atoms with Crippen molar-refractivity contribution in [1.29, 1.82) is 0 Å². The Balaban J connectivity index is 2.15. The van der Waals surface area contributed by atoms with Crippen LogP contribution in [-0.4, -0.2) is 78.6 Å². The fourth-order valence-corrected chi connectivity index (χ4v) is 2.46. The van der Waals surface area contributed by atoms with Crippen molar-refractivity contribution in [1.82, 2.24) is 0 Å². The Labute approximate surface area is 145 Å². The summed E-state index contributed by atoms with van der Waals surface area (Å²) in [7, 11) is 3.07. The zero-order valence-electron chi connectivity index (χ0n) is 14.1. The molecule has 0 radical (unpaired) electrons. The van der Waals surface area contributed by atoms with Crippen molar-refractivity contribution >= 4 is 6.08 Å². The normalized spacial score (nSPS) is 29.8. The minimum Gasteiger partial charge on any atom is -0.493 e. The average Bonchev–Trinajstić information content (AvgIpc) is 2.63. The van der Waals surface area contributed by atoms with Gasteiger partial charge in [-0.05, 0) is 17.7 Å². The van der Waals surface area contributed by atoms with Crippen molar-refractivity contribution in [3.63, 3.8) is 0 Å². The number of hydrogen-bond acceptors (Lipinski definition) is 8. The van der Waals surface area contributed by atoms with E-state index in [0.29, 0.717) is 12.4 Å². The molecule has 2 rings (SSSR count). The highest BCUT2D eigenvalue weighted by Crippen LogP contribution is 2.32. The van der Waals surface area contributed by atoms with Gasteiger partial charge in [-0.1, -0.05) is 18.2 Å². The van der Waals surface area contributed by atoms with Gasteiger partial charge in [0.15, 0.2) is 11.5 Å². The molecule has 8 nitrogen and oxygen atoms in total. The Hall–Kier alpha value is -1.68. The van der Waals surface area contributed by atoms with E-state index >= 15 is 0 Å². The molecule has 1 aromatic carbocycles. The maximum atomic E-state index is 10.0. The fraction of sp³-hybridized carbons (Fsp3) is 0.529. The van der Waals surface area contributed by atoms with E-state index in [0.717, 1.165) is 5.56 Å². The first kappa shape index (κ1) is 19.6. The Kier molecular flexibility index (Phi) is 7.18. The van der Waals surface area contributed by atoms with Gasteiger partial charge >= 0.3 is 0 Å². The fourth-order valence-electron chi connectivity index (χ4n) is 2.46. The molecule has 1 aromatic rings. The van der Waals surface area contributed by atoms with Crippen LogP contribution in [0.1, 0.15) is 5.56 Å². The molecule has 1 aliphatic heterocycles. The third-order valence-electron chi connectivity index (χ3n) is 3.85. The Bertz CT molecular complexity index is 574. The van der Waals surface area contributed by atoms with Gasteiger partial charge in [0.2, 0.25) is 6.29 Å². The van der Waals surface area contributed by atoms with Crippen molar-refractivity contribution < 1.29 is 39.4 Å². The molecule has 0 unspecified atom stereocenters. The number of benzene rings is 1. The van der Waals surface area contributed by atoms with Gasteiger partial charge < -0.3 is 39.4 Å². The summed E-state index contributed by atoms with van der Waals surface area (Å²) in [4.78, 5) is 0. The zero-order chi connectivity index (χ0) is 18.4. The van der Waals surface area contributed by atoms with Gasteiger partial charge in [-0.2, -0.15) is 0 Å². The highest BCUT2D eigenvalue weighted by Gasteiger charge is 2.44. The molecule has 8 heteroatoms.